The Morgan fingerprint density at radius 2 is 1.88 bits per heavy atom. The van der Waals surface area contributed by atoms with Gasteiger partial charge in [0, 0.05) is 25.9 Å². The van der Waals surface area contributed by atoms with Crippen LogP contribution in [0.25, 0.3) is 0 Å². The molecule has 1 aliphatic heterocycles. The Hall–Kier alpha value is -1.19. The van der Waals surface area contributed by atoms with E-state index in [0.717, 1.165) is 19.5 Å². The second-order valence-electron chi connectivity index (χ2n) is 5.33. The monoisotopic (exact) mass is 236 g/mol. The highest BCUT2D eigenvalue weighted by atomic mass is 16.2. The quantitative estimate of drug-likeness (QED) is 0.733. The molecule has 17 heavy (non-hydrogen) atoms. The second kappa shape index (κ2) is 4.98. The summed E-state index contributed by atoms with van der Waals surface area (Å²) in [5.41, 5.74) is 0. The maximum Gasteiger partial charge on any atom is 0.151 e. The normalized spacial score (nSPS) is 30.2. The van der Waals surface area contributed by atoms with Gasteiger partial charge in [-0.1, -0.05) is 13.8 Å². The van der Waals surface area contributed by atoms with Crippen molar-refractivity contribution in [1.29, 1.82) is 0 Å². The molecule has 0 atom stereocenters. The zero-order chi connectivity index (χ0) is 12.4. The molecule has 1 saturated carbocycles. The summed E-state index contributed by atoms with van der Waals surface area (Å²) in [5, 5.41) is 3.10. The van der Waals surface area contributed by atoms with Crippen LogP contribution >= 0.6 is 0 Å². The summed E-state index contributed by atoms with van der Waals surface area (Å²) in [6.45, 7) is 5.69. The fourth-order valence-electron chi connectivity index (χ4n) is 2.52. The van der Waals surface area contributed by atoms with Crippen molar-refractivity contribution in [3.63, 3.8) is 0 Å². The van der Waals surface area contributed by atoms with Crippen molar-refractivity contribution < 1.29 is 9.59 Å². The summed E-state index contributed by atoms with van der Waals surface area (Å²) in [5.74, 6) is 0.737. The standard InChI is InChI=1S/C13H20N2O2/c1-8(2)9-6-10(16)12(11(17)7-9)13-14-4-3-5-15-13/h8-9,12H,3-7H2,1-2H3,(H,14,15). The third-order valence-corrected chi connectivity index (χ3v) is 3.71. The van der Waals surface area contributed by atoms with Crippen LogP contribution in [-0.2, 0) is 9.59 Å². The number of amidine groups is 1. The van der Waals surface area contributed by atoms with E-state index < -0.39 is 5.92 Å². The Kier molecular flexibility index (Phi) is 3.60. The van der Waals surface area contributed by atoms with Crippen molar-refractivity contribution in [3.05, 3.63) is 0 Å². The summed E-state index contributed by atoms with van der Waals surface area (Å²) in [6, 6.07) is 0. The van der Waals surface area contributed by atoms with Crippen molar-refractivity contribution in [1.82, 2.24) is 5.32 Å². The van der Waals surface area contributed by atoms with E-state index in [-0.39, 0.29) is 17.5 Å². The molecule has 0 radical (unpaired) electrons. The maximum absolute atomic E-state index is 12.1. The van der Waals surface area contributed by atoms with E-state index in [2.05, 4.69) is 24.2 Å². The Labute approximate surface area is 102 Å². The average Bonchev–Trinajstić information content (AvgIpc) is 2.29. The fourth-order valence-corrected chi connectivity index (χ4v) is 2.52. The van der Waals surface area contributed by atoms with Gasteiger partial charge < -0.3 is 5.32 Å². The van der Waals surface area contributed by atoms with Gasteiger partial charge >= 0.3 is 0 Å². The van der Waals surface area contributed by atoms with Crippen molar-refractivity contribution in [2.75, 3.05) is 13.1 Å². The molecule has 1 N–H and O–H groups in total. The number of aliphatic imine (C=N–C) groups is 1. The Bertz CT molecular complexity index is 342. The first-order valence-corrected chi connectivity index (χ1v) is 6.43. The molecule has 94 valence electrons. The van der Waals surface area contributed by atoms with Gasteiger partial charge in [-0.2, -0.15) is 0 Å². The molecule has 0 aromatic rings. The van der Waals surface area contributed by atoms with Crippen LogP contribution in [0.15, 0.2) is 4.99 Å². The first-order chi connectivity index (χ1) is 8.09. The fraction of sp³-hybridized carbons (Fsp3) is 0.769. The largest absolute Gasteiger partial charge is 0.373 e. The summed E-state index contributed by atoms with van der Waals surface area (Å²) in [4.78, 5) is 28.4. The van der Waals surface area contributed by atoms with E-state index >= 15 is 0 Å². The van der Waals surface area contributed by atoms with Crippen LogP contribution in [0.4, 0.5) is 0 Å². The van der Waals surface area contributed by atoms with Crippen molar-refractivity contribution in [3.8, 4) is 0 Å². The van der Waals surface area contributed by atoms with Gasteiger partial charge in [0.2, 0.25) is 0 Å². The third-order valence-electron chi connectivity index (χ3n) is 3.71. The zero-order valence-corrected chi connectivity index (χ0v) is 10.5. The lowest BCUT2D eigenvalue weighted by Crippen LogP contribution is -2.46. The van der Waals surface area contributed by atoms with E-state index in [4.69, 9.17) is 0 Å². The first kappa shape index (κ1) is 12.3. The molecule has 1 heterocycles. The van der Waals surface area contributed by atoms with Gasteiger partial charge in [0.15, 0.2) is 11.6 Å². The van der Waals surface area contributed by atoms with E-state index in [0.29, 0.717) is 24.6 Å². The molecule has 0 saturated heterocycles. The molecule has 4 heteroatoms. The minimum Gasteiger partial charge on any atom is -0.373 e. The molecular formula is C13H20N2O2. The lowest BCUT2D eigenvalue weighted by molar-refractivity contribution is -0.135. The summed E-state index contributed by atoms with van der Waals surface area (Å²) < 4.78 is 0. The van der Waals surface area contributed by atoms with Crippen LogP contribution < -0.4 is 5.32 Å². The SMILES string of the molecule is CC(C)C1CC(=O)C(C2=NCCCN2)C(=O)C1. The van der Waals surface area contributed by atoms with E-state index in [9.17, 15) is 9.59 Å². The number of carbonyl (C=O) groups is 2. The van der Waals surface area contributed by atoms with E-state index in [1.54, 1.807) is 0 Å². The highest BCUT2D eigenvalue weighted by Crippen LogP contribution is 2.29. The minimum atomic E-state index is -0.592. The highest BCUT2D eigenvalue weighted by Gasteiger charge is 2.39. The molecule has 0 aromatic carbocycles. The van der Waals surface area contributed by atoms with Crippen LogP contribution in [0.1, 0.15) is 33.1 Å². The number of nitrogens with zero attached hydrogens (tertiary/aromatic N) is 1. The van der Waals surface area contributed by atoms with Crippen molar-refractivity contribution in [2.24, 2.45) is 22.7 Å². The van der Waals surface area contributed by atoms with Crippen LogP contribution in [0, 0.1) is 17.8 Å². The van der Waals surface area contributed by atoms with E-state index in [1.165, 1.54) is 0 Å². The summed E-state index contributed by atoms with van der Waals surface area (Å²) >= 11 is 0. The number of rotatable bonds is 2. The summed E-state index contributed by atoms with van der Waals surface area (Å²) in [7, 11) is 0. The maximum atomic E-state index is 12.1. The smallest absolute Gasteiger partial charge is 0.151 e. The molecule has 2 rings (SSSR count). The van der Waals surface area contributed by atoms with Gasteiger partial charge in [-0.3, -0.25) is 14.6 Å². The number of ketones is 2. The van der Waals surface area contributed by atoms with E-state index in [1.807, 2.05) is 0 Å². The van der Waals surface area contributed by atoms with Gasteiger partial charge in [-0.05, 0) is 18.3 Å². The summed E-state index contributed by atoms with van der Waals surface area (Å²) in [6.07, 6.45) is 2.02. The number of hydrogen-bond donors (Lipinski definition) is 1. The lowest BCUT2D eigenvalue weighted by atomic mass is 9.75. The molecule has 4 nitrogen and oxygen atoms in total. The minimum absolute atomic E-state index is 0.0492. The predicted octanol–water partition coefficient (Wildman–Crippen LogP) is 1.20. The Morgan fingerprint density at radius 1 is 1.24 bits per heavy atom. The Morgan fingerprint density at radius 3 is 2.35 bits per heavy atom. The van der Waals surface area contributed by atoms with Crippen LogP contribution in [0.3, 0.4) is 0 Å². The van der Waals surface area contributed by atoms with Gasteiger partial charge in [0.1, 0.15) is 11.8 Å². The third kappa shape index (κ3) is 2.56. The molecule has 0 amide bonds. The van der Waals surface area contributed by atoms with Gasteiger partial charge in [0.25, 0.3) is 0 Å². The van der Waals surface area contributed by atoms with Crippen molar-refractivity contribution >= 4 is 17.4 Å². The molecule has 0 aromatic heterocycles. The predicted molar refractivity (Wildman–Crippen MR) is 66.0 cm³/mol. The first-order valence-electron chi connectivity index (χ1n) is 6.43. The number of carbonyl (C=O) groups excluding carboxylic acids is 2. The van der Waals surface area contributed by atoms with Crippen molar-refractivity contribution in [2.45, 2.75) is 33.1 Å². The molecule has 0 unspecified atom stereocenters. The topological polar surface area (TPSA) is 58.5 Å². The van der Waals surface area contributed by atoms with Gasteiger partial charge in [-0.15, -0.1) is 0 Å². The molecule has 2 aliphatic rings. The van der Waals surface area contributed by atoms with Crippen LogP contribution in [0.2, 0.25) is 0 Å². The number of nitrogens with one attached hydrogen (secondary N) is 1. The number of hydrogen-bond acceptors (Lipinski definition) is 4. The molecular weight excluding hydrogens is 216 g/mol. The lowest BCUT2D eigenvalue weighted by Gasteiger charge is -2.30. The number of Topliss-reactive ketones (excluding diaryl/α,β-unsaturated/α-hetero) is 2. The molecule has 1 aliphatic carbocycles. The molecule has 1 fully saturated rings. The molecule has 0 bridgehead atoms. The van der Waals surface area contributed by atoms with Crippen LogP contribution in [-0.4, -0.2) is 30.5 Å². The van der Waals surface area contributed by atoms with Gasteiger partial charge in [-0.25, -0.2) is 0 Å². The average molecular weight is 236 g/mol. The Balaban J connectivity index is 2.12. The highest BCUT2D eigenvalue weighted by molar-refractivity contribution is 6.21. The van der Waals surface area contributed by atoms with Gasteiger partial charge in [0.05, 0.1) is 0 Å². The zero-order valence-electron chi connectivity index (χ0n) is 10.5. The van der Waals surface area contributed by atoms with Crippen LogP contribution in [0.5, 0.6) is 0 Å². The molecule has 0 spiro atoms. The second-order valence-corrected chi connectivity index (χ2v) is 5.33.